The van der Waals surface area contributed by atoms with Gasteiger partial charge in [-0.3, -0.25) is 14.4 Å². The molecule has 0 aliphatic carbocycles. The van der Waals surface area contributed by atoms with Gasteiger partial charge in [0.1, 0.15) is 5.82 Å². The average molecular weight is 431 g/mol. The summed E-state index contributed by atoms with van der Waals surface area (Å²) in [6.45, 7) is 2.71. The summed E-state index contributed by atoms with van der Waals surface area (Å²) in [7, 11) is -3.33. The van der Waals surface area contributed by atoms with E-state index in [4.69, 9.17) is 0 Å². The maximum atomic E-state index is 12.7. The third-order valence-electron chi connectivity index (χ3n) is 5.23. The number of aromatic nitrogens is 2. The number of fused-ring (bicyclic) bond motifs is 1. The maximum absolute atomic E-state index is 12.7. The normalized spacial score (nSPS) is 17.5. The zero-order chi connectivity index (χ0) is 21.5. The molecule has 3 amide bonds. The van der Waals surface area contributed by atoms with Crippen molar-refractivity contribution in [2.45, 2.75) is 18.4 Å². The van der Waals surface area contributed by atoms with Gasteiger partial charge in [0.25, 0.3) is 0 Å². The second-order valence-electron chi connectivity index (χ2n) is 7.31. The van der Waals surface area contributed by atoms with Crippen molar-refractivity contribution < 1.29 is 22.8 Å². The van der Waals surface area contributed by atoms with Crippen molar-refractivity contribution in [2.75, 3.05) is 31.5 Å². The van der Waals surface area contributed by atoms with Crippen LogP contribution in [0.3, 0.4) is 0 Å². The first-order chi connectivity index (χ1) is 14.2. The lowest BCUT2D eigenvalue weighted by Crippen LogP contribution is -2.52. The molecule has 2 aliphatic rings. The Morgan fingerprint density at radius 3 is 2.23 bits per heavy atom. The lowest BCUT2D eigenvalue weighted by molar-refractivity contribution is -0.145. The smallest absolute Gasteiger partial charge is 0.315 e. The molecule has 0 radical (unpaired) electrons. The number of hydrogen-bond acceptors (Lipinski definition) is 6. The number of nitrogens with one attached hydrogen (secondary N) is 1. The standard InChI is InChI=1S/C19H21N5O5S/c1-13(25)22-7-9-23(10-8-22)19(27)18(26)20-17-15-11-30(28,29)12-16(15)21-24(17)14-5-3-2-4-6-14/h2-6H,7-12H2,1H3,(H,20,26). The highest BCUT2D eigenvalue weighted by atomic mass is 32.2. The first kappa shape index (κ1) is 20.1. The van der Waals surface area contributed by atoms with Crippen LogP contribution in [-0.4, -0.2) is 71.9 Å². The zero-order valence-corrected chi connectivity index (χ0v) is 17.2. The van der Waals surface area contributed by atoms with Crippen LogP contribution < -0.4 is 5.32 Å². The van der Waals surface area contributed by atoms with Crippen molar-refractivity contribution in [3.8, 4) is 5.69 Å². The highest BCUT2D eigenvalue weighted by Gasteiger charge is 2.35. The summed E-state index contributed by atoms with van der Waals surface area (Å²) in [5.74, 6) is -1.92. The third-order valence-corrected chi connectivity index (χ3v) is 6.67. The van der Waals surface area contributed by atoms with Crippen LogP contribution in [0.25, 0.3) is 5.69 Å². The molecule has 158 valence electrons. The van der Waals surface area contributed by atoms with Crippen molar-refractivity contribution in [1.82, 2.24) is 19.6 Å². The Morgan fingerprint density at radius 2 is 1.60 bits per heavy atom. The Labute approximate surface area is 173 Å². The minimum absolute atomic E-state index is 0.0740. The van der Waals surface area contributed by atoms with Crippen LogP contribution in [0.1, 0.15) is 18.2 Å². The summed E-state index contributed by atoms with van der Waals surface area (Å²) < 4.78 is 25.5. The van der Waals surface area contributed by atoms with Crippen LogP contribution in [0.15, 0.2) is 30.3 Å². The zero-order valence-electron chi connectivity index (χ0n) is 16.4. The number of amides is 3. The Morgan fingerprint density at radius 1 is 0.967 bits per heavy atom. The lowest BCUT2D eigenvalue weighted by Gasteiger charge is -2.33. The van der Waals surface area contributed by atoms with Crippen molar-refractivity contribution in [2.24, 2.45) is 0 Å². The number of nitrogens with zero attached hydrogens (tertiary/aromatic N) is 4. The van der Waals surface area contributed by atoms with Gasteiger partial charge in [0, 0.05) is 38.7 Å². The van der Waals surface area contributed by atoms with Gasteiger partial charge in [-0.2, -0.15) is 5.10 Å². The fourth-order valence-corrected chi connectivity index (χ4v) is 5.15. The largest absolute Gasteiger partial charge is 0.339 e. The quantitative estimate of drug-likeness (QED) is 0.665. The molecule has 1 aromatic carbocycles. The second kappa shape index (κ2) is 7.56. The van der Waals surface area contributed by atoms with Gasteiger partial charge >= 0.3 is 11.8 Å². The van der Waals surface area contributed by atoms with E-state index in [0.717, 1.165) is 0 Å². The van der Waals surface area contributed by atoms with Crippen molar-refractivity contribution in [3.05, 3.63) is 41.6 Å². The molecule has 0 spiro atoms. The minimum Gasteiger partial charge on any atom is -0.339 e. The molecule has 10 nitrogen and oxygen atoms in total. The molecule has 1 N–H and O–H groups in total. The fourth-order valence-electron chi connectivity index (χ4n) is 3.66. The molecule has 1 fully saturated rings. The highest BCUT2D eigenvalue weighted by Crippen LogP contribution is 2.32. The van der Waals surface area contributed by atoms with E-state index in [1.165, 1.54) is 16.5 Å². The van der Waals surface area contributed by atoms with E-state index in [2.05, 4.69) is 10.4 Å². The molecule has 1 saturated heterocycles. The molecule has 0 atom stereocenters. The van der Waals surface area contributed by atoms with Crippen LogP contribution in [-0.2, 0) is 35.7 Å². The topological polar surface area (TPSA) is 122 Å². The van der Waals surface area contributed by atoms with Crippen LogP contribution >= 0.6 is 0 Å². The Hall–Kier alpha value is -3.21. The van der Waals surface area contributed by atoms with Gasteiger partial charge in [0.05, 0.1) is 22.9 Å². The van der Waals surface area contributed by atoms with Gasteiger partial charge in [-0.1, -0.05) is 18.2 Å². The van der Waals surface area contributed by atoms with E-state index in [9.17, 15) is 22.8 Å². The van der Waals surface area contributed by atoms with Crippen LogP contribution in [0, 0.1) is 0 Å². The molecule has 30 heavy (non-hydrogen) atoms. The van der Waals surface area contributed by atoms with Crippen LogP contribution in [0.2, 0.25) is 0 Å². The molecular formula is C19H21N5O5S. The lowest BCUT2D eigenvalue weighted by atomic mass is 10.2. The summed E-state index contributed by atoms with van der Waals surface area (Å²) in [6, 6.07) is 8.96. The Bertz CT molecular complexity index is 1120. The predicted molar refractivity (Wildman–Crippen MR) is 107 cm³/mol. The molecule has 0 unspecified atom stereocenters. The van der Waals surface area contributed by atoms with Crippen molar-refractivity contribution >= 4 is 33.4 Å². The molecule has 1 aromatic heterocycles. The van der Waals surface area contributed by atoms with E-state index >= 15 is 0 Å². The number of sulfone groups is 1. The number of benzene rings is 1. The first-order valence-electron chi connectivity index (χ1n) is 9.47. The monoisotopic (exact) mass is 431 g/mol. The summed E-state index contributed by atoms with van der Waals surface area (Å²) in [5.41, 5.74) is 1.42. The van der Waals surface area contributed by atoms with Gasteiger partial charge in [-0.05, 0) is 12.1 Å². The highest BCUT2D eigenvalue weighted by molar-refractivity contribution is 7.90. The van der Waals surface area contributed by atoms with Crippen LogP contribution in [0.5, 0.6) is 0 Å². The van der Waals surface area contributed by atoms with E-state index in [1.54, 1.807) is 29.2 Å². The minimum atomic E-state index is -3.33. The number of carbonyl (C=O) groups is 3. The molecule has 3 heterocycles. The van der Waals surface area contributed by atoms with E-state index < -0.39 is 21.7 Å². The Kier molecular flexibility index (Phi) is 5.06. The van der Waals surface area contributed by atoms with Gasteiger partial charge < -0.3 is 15.1 Å². The maximum Gasteiger partial charge on any atom is 0.315 e. The summed E-state index contributed by atoms with van der Waals surface area (Å²) in [4.78, 5) is 39.8. The molecule has 11 heteroatoms. The van der Waals surface area contributed by atoms with Gasteiger partial charge in [0.15, 0.2) is 9.84 Å². The van der Waals surface area contributed by atoms with E-state index in [-0.39, 0.29) is 36.3 Å². The third kappa shape index (κ3) is 3.80. The van der Waals surface area contributed by atoms with E-state index in [1.807, 2.05) is 6.07 Å². The molecular weight excluding hydrogens is 410 g/mol. The predicted octanol–water partition coefficient (Wildman–Crippen LogP) is -0.0701. The van der Waals surface area contributed by atoms with Crippen LogP contribution in [0.4, 0.5) is 5.82 Å². The molecule has 2 aromatic rings. The van der Waals surface area contributed by atoms with Gasteiger partial charge in [-0.25, -0.2) is 13.1 Å². The van der Waals surface area contributed by atoms with Crippen molar-refractivity contribution in [3.63, 3.8) is 0 Å². The molecule has 0 saturated carbocycles. The Balaban J connectivity index is 1.57. The number of para-hydroxylation sites is 1. The summed E-state index contributed by atoms with van der Waals surface area (Å²) in [6.07, 6.45) is 0. The number of hydrogen-bond donors (Lipinski definition) is 1. The average Bonchev–Trinajstić information content (AvgIpc) is 3.20. The van der Waals surface area contributed by atoms with Gasteiger partial charge in [0.2, 0.25) is 5.91 Å². The van der Waals surface area contributed by atoms with E-state index in [0.29, 0.717) is 30.0 Å². The molecule has 4 rings (SSSR count). The fraction of sp³-hybridized carbons (Fsp3) is 0.368. The number of anilines is 1. The van der Waals surface area contributed by atoms with Crippen molar-refractivity contribution in [1.29, 1.82) is 0 Å². The number of piperazine rings is 1. The summed E-state index contributed by atoms with van der Waals surface area (Å²) in [5, 5.41) is 6.95. The van der Waals surface area contributed by atoms with Gasteiger partial charge in [-0.15, -0.1) is 0 Å². The number of rotatable bonds is 2. The molecule has 0 bridgehead atoms. The summed E-state index contributed by atoms with van der Waals surface area (Å²) >= 11 is 0. The second-order valence-corrected chi connectivity index (χ2v) is 9.37. The number of carbonyl (C=O) groups excluding carboxylic acids is 3. The SMILES string of the molecule is CC(=O)N1CCN(C(=O)C(=O)Nc2c3c(nn2-c2ccccc2)CS(=O)(=O)C3)CC1. The molecule has 2 aliphatic heterocycles. The first-order valence-corrected chi connectivity index (χ1v) is 11.3.